The molecule has 0 unspecified atom stereocenters. The van der Waals surface area contributed by atoms with E-state index < -0.39 is 11.7 Å². The van der Waals surface area contributed by atoms with Gasteiger partial charge in [0.15, 0.2) is 0 Å². The van der Waals surface area contributed by atoms with Gasteiger partial charge in [-0.1, -0.05) is 22.0 Å². The fourth-order valence-electron chi connectivity index (χ4n) is 1.49. The van der Waals surface area contributed by atoms with Crippen LogP contribution in [0.4, 0.5) is 10.5 Å². The quantitative estimate of drug-likeness (QED) is 0.838. The van der Waals surface area contributed by atoms with Crippen molar-refractivity contribution in [3.05, 3.63) is 28.2 Å². The van der Waals surface area contributed by atoms with E-state index in [1.807, 2.05) is 18.2 Å². The molecule has 0 aliphatic carbocycles. The number of benzene rings is 1. The average Bonchev–Trinajstić information content (AvgIpc) is 2.07. The molecule has 0 heterocycles. The van der Waals surface area contributed by atoms with E-state index in [4.69, 9.17) is 16.2 Å². The molecular formula is C11H15BrN2O2. The van der Waals surface area contributed by atoms with Crippen LogP contribution in [0.15, 0.2) is 22.7 Å². The monoisotopic (exact) mass is 286 g/mol. The molecule has 0 radical (unpaired) electrons. The van der Waals surface area contributed by atoms with E-state index in [1.165, 1.54) is 0 Å². The number of hydrogen-bond acceptors (Lipinski definition) is 3. The minimum Gasteiger partial charge on any atom is -0.443 e. The second-order valence-electron chi connectivity index (χ2n) is 4.20. The molecule has 0 aromatic heterocycles. The van der Waals surface area contributed by atoms with Crippen LogP contribution in [0.5, 0.6) is 0 Å². The fourth-order valence-corrected chi connectivity index (χ4v) is 1.87. The molecule has 0 aliphatic rings. The summed E-state index contributed by atoms with van der Waals surface area (Å²) in [6, 6.07) is 5.60. The highest BCUT2D eigenvalue weighted by Crippen LogP contribution is 2.24. The maximum absolute atomic E-state index is 10.7. The van der Waals surface area contributed by atoms with Crippen LogP contribution in [-0.2, 0) is 11.2 Å². The number of carbonyl (C=O) groups excluding carboxylic acids is 1. The van der Waals surface area contributed by atoms with Gasteiger partial charge >= 0.3 is 6.09 Å². The van der Waals surface area contributed by atoms with Gasteiger partial charge in [-0.05, 0) is 31.5 Å². The van der Waals surface area contributed by atoms with Gasteiger partial charge in [-0.2, -0.15) is 0 Å². The van der Waals surface area contributed by atoms with Crippen molar-refractivity contribution in [1.29, 1.82) is 0 Å². The zero-order valence-corrected chi connectivity index (χ0v) is 10.9. The van der Waals surface area contributed by atoms with Gasteiger partial charge in [-0.25, -0.2) is 4.79 Å². The van der Waals surface area contributed by atoms with Gasteiger partial charge in [0.05, 0.1) is 0 Å². The Labute approximate surface area is 103 Å². The van der Waals surface area contributed by atoms with E-state index in [2.05, 4.69) is 15.9 Å². The molecule has 1 amide bonds. The summed E-state index contributed by atoms with van der Waals surface area (Å²) < 4.78 is 5.92. The first-order valence-electron chi connectivity index (χ1n) is 4.82. The van der Waals surface area contributed by atoms with Gasteiger partial charge in [0, 0.05) is 16.6 Å². The van der Waals surface area contributed by atoms with Gasteiger partial charge < -0.3 is 16.2 Å². The number of hydrogen-bond donors (Lipinski definition) is 2. The van der Waals surface area contributed by atoms with Gasteiger partial charge in [-0.15, -0.1) is 0 Å². The van der Waals surface area contributed by atoms with Crippen molar-refractivity contribution >= 4 is 27.7 Å². The second-order valence-corrected chi connectivity index (χ2v) is 5.12. The summed E-state index contributed by atoms with van der Waals surface area (Å²) in [6.45, 7) is 3.58. The molecule has 16 heavy (non-hydrogen) atoms. The Bertz CT molecular complexity index is 405. The van der Waals surface area contributed by atoms with Crippen LogP contribution in [-0.4, -0.2) is 11.7 Å². The Morgan fingerprint density at radius 3 is 2.62 bits per heavy atom. The molecular weight excluding hydrogens is 272 g/mol. The smallest absolute Gasteiger partial charge is 0.405 e. The van der Waals surface area contributed by atoms with E-state index in [1.54, 1.807) is 13.8 Å². The zero-order chi connectivity index (χ0) is 12.3. The molecule has 0 saturated heterocycles. The molecule has 4 nitrogen and oxygen atoms in total. The lowest BCUT2D eigenvalue weighted by molar-refractivity contribution is 0.0461. The first-order chi connectivity index (χ1) is 7.30. The number of primary amides is 1. The standard InChI is InChI=1S/C11H15BrN2O2/c1-11(2,16-10(14)15)6-7-3-4-8(12)5-9(7)13/h3-5H,6,13H2,1-2H3,(H2,14,15). The van der Waals surface area contributed by atoms with Gasteiger partial charge in [-0.3, -0.25) is 0 Å². The van der Waals surface area contributed by atoms with Gasteiger partial charge in [0.1, 0.15) is 5.60 Å². The summed E-state index contributed by atoms with van der Waals surface area (Å²) in [7, 11) is 0. The van der Waals surface area contributed by atoms with Gasteiger partial charge in [0.25, 0.3) is 0 Å². The fraction of sp³-hybridized carbons (Fsp3) is 0.364. The van der Waals surface area contributed by atoms with Crippen molar-refractivity contribution in [3.8, 4) is 0 Å². The number of ether oxygens (including phenoxy) is 1. The molecule has 0 spiro atoms. The molecule has 1 rings (SSSR count). The largest absolute Gasteiger partial charge is 0.443 e. The predicted molar refractivity (Wildman–Crippen MR) is 67.0 cm³/mol. The molecule has 0 atom stereocenters. The van der Waals surface area contributed by atoms with Crippen LogP contribution in [0, 0.1) is 0 Å². The van der Waals surface area contributed by atoms with Crippen LogP contribution in [0.25, 0.3) is 0 Å². The highest BCUT2D eigenvalue weighted by molar-refractivity contribution is 9.10. The van der Waals surface area contributed by atoms with Crippen LogP contribution in [0.2, 0.25) is 0 Å². The van der Waals surface area contributed by atoms with Gasteiger partial charge in [0.2, 0.25) is 0 Å². The molecule has 4 N–H and O–H groups in total. The van der Waals surface area contributed by atoms with Crippen molar-refractivity contribution in [2.24, 2.45) is 5.73 Å². The van der Waals surface area contributed by atoms with Crippen LogP contribution in [0.3, 0.4) is 0 Å². The molecule has 0 fully saturated rings. The lowest BCUT2D eigenvalue weighted by Crippen LogP contribution is -2.33. The maximum atomic E-state index is 10.7. The topological polar surface area (TPSA) is 78.3 Å². The summed E-state index contributed by atoms with van der Waals surface area (Å²) >= 11 is 3.33. The Hall–Kier alpha value is -1.23. The number of anilines is 1. The first kappa shape index (κ1) is 12.8. The Kier molecular flexibility index (Phi) is 3.80. The maximum Gasteiger partial charge on any atom is 0.405 e. The third-order valence-electron chi connectivity index (χ3n) is 2.10. The number of nitrogens with two attached hydrogens (primary N) is 2. The summed E-state index contributed by atoms with van der Waals surface area (Å²) in [4.78, 5) is 10.7. The molecule has 0 saturated carbocycles. The Morgan fingerprint density at radius 2 is 2.12 bits per heavy atom. The van der Waals surface area contributed by atoms with Crippen molar-refractivity contribution in [1.82, 2.24) is 0 Å². The second kappa shape index (κ2) is 4.74. The molecule has 88 valence electrons. The lowest BCUT2D eigenvalue weighted by Gasteiger charge is -2.24. The van der Waals surface area contributed by atoms with Crippen LogP contribution >= 0.6 is 15.9 Å². The minimum atomic E-state index is -0.777. The van der Waals surface area contributed by atoms with E-state index in [0.717, 1.165) is 10.0 Å². The molecule has 0 bridgehead atoms. The third-order valence-corrected chi connectivity index (χ3v) is 2.59. The van der Waals surface area contributed by atoms with Crippen molar-refractivity contribution < 1.29 is 9.53 Å². The number of amides is 1. The summed E-state index contributed by atoms with van der Waals surface area (Å²) in [5.41, 5.74) is 11.8. The number of carbonyl (C=O) groups is 1. The highest BCUT2D eigenvalue weighted by atomic mass is 79.9. The highest BCUT2D eigenvalue weighted by Gasteiger charge is 2.23. The number of nitrogen functional groups attached to an aromatic ring is 1. The zero-order valence-electron chi connectivity index (χ0n) is 9.29. The van der Waals surface area contributed by atoms with Crippen molar-refractivity contribution in [2.45, 2.75) is 25.9 Å². The van der Waals surface area contributed by atoms with Crippen LogP contribution in [0.1, 0.15) is 19.4 Å². The molecule has 5 heteroatoms. The normalized spacial score (nSPS) is 11.2. The Balaban J connectivity index is 2.83. The molecule has 1 aromatic carbocycles. The predicted octanol–water partition coefficient (Wildman–Crippen LogP) is 2.45. The summed E-state index contributed by atoms with van der Waals surface area (Å²) in [6.07, 6.45) is -0.254. The third kappa shape index (κ3) is 3.73. The summed E-state index contributed by atoms with van der Waals surface area (Å²) in [5.74, 6) is 0. The molecule has 1 aromatic rings. The first-order valence-corrected chi connectivity index (χ1v) is 5.62. The van der Waals surface area contributed by atoms with E-state index in [9.17, 15) is 4.79 Å². The minimum absolute atomic E-state index is 0.523. The summed E-state index contributed by atoms with van der Waals surface area (Å²) in [5, 5.41) is 0. The van der Waals surface area contributed by atoms with Crippen molar-refractivity contribution in [2.75, 3.05) is 5.73 Å². The van der Waals surface area contributed by atoms with Crippen LogP contribution < -0.4 is 11.5 Å². The molecule has 0 aliphatic heterocycles. The lowest BCUT2D eigenvalue weighted by atomic mass is 9.97. The number of rotatable bonds is 3. The van der Waals surface area contributed by atoms with E-state index in [0.29, 0.717) is 12.1 Å². The SMILES string of the molecule is CC(C)(Cc1ccc(Br)cc1N)OC(N)=O. The van der Waals surface area contributed by atoms with E-state index in [-0.39, 0.29) is 0 Å². The number of halogens is 1. The average molecular weight is 287 g/mol. The van der Waals surface area contributed by atoms with E-state index >= 15 is 0 Å². The van der Waals surface area contributed by atoms with Crippen molar-refractivity contribution in [3.63, 3.8) is 0 Å². The Morgan fingerprint density at radius 1 is 1.50 bits per heavy atom.